The second-order valence-corrected chi connectivity index (χ2v) is 4.27. The summed E-state index contributed by atoms with van der Waals surface area (Å²) < 4.78 is 10.5. The maximum atomic E-state index is 5.85. The van der Waals surface area contributed by atoms with E-state index in [1.54, 1.807) is 0 Å². The molecule has 2 aromatic rings. The van der Waals surface area contributed by atoms with Gasteiger partial charge in [-0.3, -0.25) is 0 Å². The van der Waals surface area contributed by atoms with E-state index >= 15 is 0 Å². The number of methoxy groups -OCH3 is 1. The van der Waals surface area contributed by atoms with Crippen molar-refractivity contribution in [3.8, 4) is 5.88 Å². The van der Waals surface area contributed by atoms with Crippen LogP contribution in [0.2, 0.25) is 0 Å². The molecule has 0 aromatic carbocycles. The van der Waals surface area contributed by atoms with Gasteiger partial charge >= 0.3 is 0 Å². The van der Waals surface area contributed by atoms with Crippen LogP contribution in [0, 0.1) is 13.8 Å². The molecule has 0 bridgehead atoms. The van der Waals surface area contributed by atoms with Gasteiger partial charge < -0.3 is 14.9 Å². The van der Waals surface area contributed by atoms with Crippen molar-refractivity contribution >= 4 is 17.4 Å². The molecule has 0 saturated heterocycles. The van der Waals surface area contributed by atoms with E-state index < -0.39 is 0 Å². The molecular formula is C10H12N4O2S. The SMILES string of the molecule is COc1ncnc(Sc2nc(C)c(C)o2)c1N. The highest BCUT2D eigenvalue weighted by molar-refractivity contribution is 7.99. The van der Waals surface area contributed by atoms with Crippen LogP contribution in [0.4, 0.5) is 5.69 Å². The molecule has 2 rings (SSSR count). The van der Waals surface area contributed by atoms with Crippen LogP contribution in [0.5, 0.6) is 5.88 Å². The lowest BCUT2D eigenvalue weighted by molar-refractivity contribution is 0.397. The van der Waals surface area contributed by atoms with Crippen LogP contribution in [0.15, 0.2) is 21.0 Å². The molecule has 0 radical (unpaired) electrons. The smallest absolute Gasteiger partial charge is 0.262 e. The fraction of sp³-hybridized carbons (Fsp3) is 0.300. The molecule has 6 nitrogen and oxygen atoms in total. The number of oxazole rings is 1. The molecule has 2 heterocycles. The molecule has 0 aliphatic heterocycles. The summed E-state index contributed by atoms with van der Waals surface area (Å²) >= 11 is 1.24. The van der Waals surface area contributed by atoms with Gasteiger partial charge in [-0.25, -0.2) is 9.97 Å². The minimum Gasteiger partial charge on any atom is -0.479 e. The third kappa shape index (κ3) is 2.33. The Morgan fingerprint density at radius 1 is 1.35 bits per heavy atom. The molecule has 7 heteroatoms. The number of aryl methyl sites for hydroxylation is 2. The molecule has 0 aliphatic carbocycles. The molecule has 0 saturated carbocycles. The van der Waals surface area contributed by atoms with Crippen LogP contribution in [0.3, 0.4) is 0 Å². The van der Waals surface area contributed by atoms with Gasteiger partial charge in [0.2, 0.25) is 5.88 Å². The van der Waals surface area contributed by atoms with Crippen LogP contribution >= 0.6 is 11.8 Å². The predicted molar refractivity (Wildman–Crippen MR) is 63.1 cm³/mol. The Hall–Kier alpha value is -1.76. The predicted octanol–water partition coefficient (Wildman–Crippen LogP) is 1.82. The first kappa shape index (κ1) is 11.7. The molecular weight excluding hydrogens is 240 g/mol. The third-order valence-corrected chi connectivity index (χ3v) is 3.06. The number of hydrogen-bond acceptors (Lipinski definition) is 7. The summed E-state index contributed by atoms with van der Waals surface area (Å²) in [6, 6.07) is 0. The van der Waals surface area contributed by atoms with Crippen LogP contribution in [0.25, 0.3) is 0 Å². The minimum atomic E-state index is 0.350. The number of rotatable bonds is 3. The zero-order valence-corrected chi connectivity index (χ0v) is 10.5. The Morgan fingerprint density at radius 3 is 2.71 bits per heavy atom. The summed E-state index contributed by atoms with van der Waals surface area (Å²) in [6.45, 7) is 3.74. The lowest BCUT2D eigenvalue weighted by atomic mass is 10.4. The molecule has 0 amide bonds. The van der Waals surface area contributed by atoms with Gasteiger partial charge in [0.05, 0.1) is 12.8 Å². The fourth-order valence-electron chi connectivity index (χ4n) is 1.18. The van der Waals surface area contributed by atoms with Gasteiger partial charge in [0, 0.05) is 0 Å². The van der Waals surface area contributed by atoms with Gasteiger partial charge in [0.25, 0.3) is 5.22 Å². The molecule has 0 atom stereocenters. The summed E-state index contributed by atoms with van der Waals surface area (Å²) in [4.78, 5) is 12.2. The fourth-order valence-corrected chi connectivity index (χ4v) is 1.99. The van der Waals surface area contributed by atoms with Crippen LogP contribution in [-0.2, 0) is 0 Å². The zero-order chi connectivity index (χ0) is 12.4. The Balaban J connectivity index is 2.30. The quantitative estimate of drug-likeness (QED) is 0.833. The number of nitrogen functional groups attached to an aromatic ring is 1. The zero-order valence-electron chi connectivity index (χ0n) is 9.72. The van der Waals surface area contributed by atoms with Crippen molar-refractivity contribution in [2.45, 2.75) is 24.1 Å². The number of aromatic nitrogens is 3. The Morgan fingerprint density at radius 2 is 2.12 bits per heavy atom. The van der Waals surface area contributed by atoms with Gasteiger partial charge in [-0.2, -0.15) is 4.98 Å². The molecule has 90 valence electrons. The summed E-state index contributed by atoms with van der Waals surface area (Å²) in [6.07, 6.45) is 1.39. The highest BCUT2D eigenvalue weighted by Gasteiger charge is 2.13. The van der Waals surface area contributed by atoms with Crippen molar-refractivity contribution in [2.24, 2.45) is 0 Å². The summed E-state index contributed by atoms with van der Waals surface area (Å²) in [5.41, 5.74) is 7.08. The number of anilines is 1. The highest BCUT2D eigenvalue weighted by Crippen LogP contribution is 2.33. The van der Waals surface area contributed by atoms with Crippen LogP contribution in [-0.4, -0.2) is 22.1 Å². The van der Waals surface area contributed by atoms with E-state index in [1.165, 1.54) is 25.2 Å². The molecule has 0 fully saturated rings. The van der Waals surface area contributed by atoms with Crippen molar-refractivity contribution in [1.29, 1.82) is 0 Å². The number of hydrogen-bond donors (Lipinski definition) is 1. The van der Waals surface area contributed by atoms with Crippen LogP contribution in [0.1, 0.15) is 11.5 Å². The van der Waals surface area contributed by atoms with E-state index in [0.717, 1.165) is 11.5 Å². The monoisotopic (exact) mass is 252 g/mol. The van der Waals surface area contributed by atoms with Gasteiger partial charge in [0.15, 0.2) is 0 Å². The maximum absolute atomic E-state index is 5.85. The summed E-state index contributed by atoms with van der Waals surface area (Å²) in [5, 5.41) is 1.07. The van der Waals surface area contributed by atoms with Crippen molar-refractivity contribution in [3.05, 3.63) is 17.8 Å². The standard InChI is InChI=1S/C10H12N4O2S/c1-5-6(2)16-10(14-5)17-9-7(11)8(15-3)12-4-13-9/h4H,11H2,1-3H3. The number of nitrogens with two attached hydrogens (primary N) is 1. The minimum absolute atomic E-state index is 0.350. The molecule has 0 spiro atoms. The van der Waals surface area contributed by atoms with E-state index in [2.05, 4.69) is 15.0 Å². The molecule has 17 heavy (non-hydrogen) atoms. The van der Waals surface area contributed by atoms with Crippen molar-refractivity contribution in [2.75, 3.05) is 12.8 Å². The second-order valence-electron chi connectivity index (χ2n) is 3.33. The first-order valence-electron chi connectivity index (χ1n) is 4.88. The number of ether oxygens (including phenoxy) is 1. The molecule has 0 unspecified atom stereocenters. The van der Waals surface area contributed by atoms with Crippen molar-refractivity contribution in [1.82, 2.24) is 15.0 Å². The van der Waals surface area contributed by atoms with Gasteiger partial charge in [0.1, 0.15) is 22.8 Å². The van der Waals surface area contributed by atoms with Crippen LogP contribution < -0.4 is 10.5 Å². The molecule has 2 aromatic heterocycles. The van der Waals surface area contributed by atoms with Crippen molar-refractivity contribution in [3.63, 3.8) is 0 Å². The second kappa shape index (κ2) is 4.62. The van der Waals surface area contributed by atoms with E-state index in [9.17, 15) is 0 Å². The summed E-state index contributed by atoms with van der Waals surface area (Å²) in [7, 11) is 1.51. The van der Waals surface area contributed by atoms with Crippen molar-refractivity contribution < 1.29 is 9.15 Å². The van der Waals surface area contributed by atoms with E-state index in [-0.39, 0.29) is 0 Å². The lowest BCUT2D eigenvalue weighted by Crippen LogP contribution is -1.99. The number of nitrogens with zero attached hydrogens (tertiary/aromatic N) is 3. The van der Waals surface area contributed by atoms with E-state index in [0.29, 0.717) is 21.8 Å². The topological polar surface area (TPSA) is 87.1 Å². The maximum Gasteiger partial charge on any atom is 0.262 e. The first-order chi connectivity index (χ1) is 8.11. The van der Waals surface area contributed by atoms with E-state index in [4.69, 9.17) is 14.9 Å². The van der Waals surface area contributed by atoms with E-state index in [1.807, 2.05) is 13.8 Å². The molecule has 0 aliphatic rings. The highest BCUT2D eigenvalue weighted by atomic mass is 32.2. The Labute approximate surface area is 103 Å². The van der Waals surface area contributed by atoms with Gasteiger partial charge in [-0.05, 0) is 25.6 Å². The largest absolute Gasteiger partial charge is 0.479 e. The van der Waals surface area contributed by atoms with Gasteiger partial charge in [-0.1, -0.05) is 0 Å². The van der Waals surface area contributed by atoms with Gasteiger partial charge in [-0.15, -0.1) is 0 Å². The molecule has 2 N–H and O–H groups in total. The average molecular weight is 252 g/mol. The average Bonchev–Trinajstić information content (AvgIpc) is 2.61. The first-order valence-corrected chi connectivity index (χ1v) is 5.69. The Bertz CT molecular complexity index is 522. The summed E-state index contributed by atoms with van der Waals surface area (Å²) in [5.74, 6) is 1.13. The third-order valence-electron chi connectivity index (χ3n) is 2.20. The lowest BCUT2D eigenvalue weighted by Gasteiger charge is -2.04. The normalized spacial score (nSPS) is 10.5. The Kier molecular flexibility index (Phi) is 3.19.